The molecule has 1 aromatic carbocycles. The van der Waals surface area contributed by atoms with Crippen molar-refractivity contribution in [1.82, 2.24) is 5.32 Å². The summed E-state index contributed by atoms with van der Waals surface area (Å²) < 4.78 is 11.0. The Balaban J connectivity index is 1.46. The van der Waals surface area contributed by atoms with Gasteiger partial charge < -0.3 is 19.6 Å². The summed E-state index contributed by atoms with van der Waals surface area (Å²) >= 11 is 1.58. The first kappa shape index (κ1) is 16.3. The summed E-state index contributed by atoms with van der Waals surface area (Å²) in [6, 6.07) is 14.6. The fraction of sp³-hybridized carbons (Fsp3) is 0.167. The maximum absolute atomic E-state index is 11.8. The van der Waals surface area contributed by atoms with Gasteiger partial charge in [-0.3, -0.25) is 4.79 Å². The SMILES string of the molecule is O=C(COc1ccccc1)NC[C@H](O)c1ccc(-c2ccsc2)o1. The van der Waals surface area contributed by atoms with Gasteiger partial charge in [0.2, 0.25) is 0 Å². The van der Waals surface area contributed by atoms with Crippen LogP contribution in [-0.4, -0.2) is 24.2 Å². The molecule has 0 aliphatic carbocycles. The van der Waals surface area contributed by atoms with E-state index in [0.717, 1.165) is 5.56 Å². The highest BCUT2D eigenvalue weighted by Gasteiger charge is 2.15. The van der Waals surface area contributed by atoms with E-state index in [2.05, 4.69) is 5.32 Å². The molecule has 1 atom stereocenters. The molecule has 3 rings (SSSR count). The molecule has 0 fully saturated rings. The van der Waals surface area contributed by atoms with Crippen molar-refractivity contribution in [2.24, 2.45) is 0 Å². The lowest BCUT2D eigenvalue weighted by atomic mass is 10.2. The Hall–Kier alpha value is -2.57. The molecule has 6 heteroatoms. The van der Waals surface area contributed by atoms with E-state index >= 15 is 0 Å². The molecule has 5 nitrogen and oxygen atoms in total. The number of benzene rings is 1. The van der Waals surface area contributed by atoms with E-state index in [4.69, 9.17) is 9.15 Å². The summed E-state index contributed by atoms with van der Waals surface area (Å²) in [5.74, 6) is 1.44. The molecule has 1 amide bonds. The van der Waals surface area contributed by atoms with Crippen molar-refractivity contribution in [2.75, 3.05) is 13.2 Å². The lowest BCUT2D eigenvalue weighted by Crippen LogP contribution is -2.32. The molecular formula is C18H17NO4S. The van der Waals surface area contributed by atoms with E-state index in [-0.39, 0.29) is 19.1 Å². The Morgan fingerprint density at radius 3 is 2.79 bits per heavy atom. The third kappa shape index (κ3) is 4.24. The Morgan fingerprint density at radius 2 is 2.04 bits per heavy atom. The predicted octanol–water partition coefficient (Wildman–Crippen LogP) is 3.24. The molecule has 0 aliphatic rings. The fourth-order valence-electron chi connectivity index (χ4n) is 2.12. The van der Waals surface area contributed by atoms with E-state index < -0.39 is 6.10 Å². The molecule has 2 N–H and O–H groups in total. The second-order valence-corrected chi connectivity index (χ2v) is 5.92. The number of hydrogen-bond acceptors (Lipinski definition) is 5. The Labute approximate surface area is 143 Å². The van der Waals surface area contributed by atoms with Crippen molar-refractivity contribution in [2.45, 2.75) is 6.10 Å². The molecule has 0 spiro atoms. The van der Waals surface area contributed by atoms with E-state index in [1.165, 1.54) is 0 Å². The van der Waals surface area contributed by atoms with Crippen LogP contribution >= 0.6 is 11.3 Å². The van der Waals surface area contributed by atoms with Gasteiger partial charge >= 0.3 is 0 Å². The van der Waals surface area contributed by atoms with Gasteiger partial charge in [0.15, 0.2) is 6.61 Å². The zero-order chi connectivity index (χ0) is 16.8. The molecule has 0 radical (unpaired) electrons. The van der Waals surface area contributed by atoms with Crippen LogP contribution in [-0.2, 0) is 4.79 Å². The predicted molar refractivity (Wildman–Crippen MR) is 91.9 cm³/mol. The van der Waals surface area contributed by atoms with E-state index in [1.807, 2.05) is 35.0 Å². The van der Waals surface area contributed by atoms with Crippen LogP contribution in [0.3, 0.4) is 0 Å². The van der Waals surface area contributed by atoms with Gasteiger partial charge in [0.25, 0.3) is 5.91 Å². The smallest absolute Gasteiger partial charge is 0.258 e. The van der Waals surface area contributed by atoms with Gasteiger partial charge in [-0.2, -0.15) is 11.3 Å². The van der Waals surface area contributed by atoms with Crippen LogP contribution in [0.25, 0.3) is 11.3 Å². The van der Waals surface area contributed by atoms with Crippen molar-refractivity contribution < 1.29 is 19.1 Å². The van der Waals surface area contributed by atoms with Crippen LogP contribution in [0.1, 0.15) is 11.9 Å². The Kier molecular flexibility index (Phi) is 5.30. The Morgan fingerprint density at radius 1 is 1.21 bits per heavy atom. The van der Waals surface area contributed by atoms with Crippen molar-refractivity contribution in [3.8, 4) is 17.1 Å². The summed E-state index contributed by atoms with van der Waals surface area (Å²) in [5, 5.41) is 16.7. The summed E-state index contributed by atoms with van der Waals surface area (Å²) in [7, 11) is 0. The van der Waals surface area contributed by atoms with Crippen molar-refractivity contribution in [3.05, 3.63) is 65.1 Å². The molecule has 0 saturated carbocycles. The van der Waals surface area contributed by atoms with E-state index in [9.17, 15) is 9.90 Å². The minimum atomic E-state index is -0.905. The van der Waals surface area contributed by atoms with Crippen LogP contribution < -0.4 is 10.1 Å². The third-order valence-corrected chi connectivity index (χ3v) is 4.05. The first-order valence-electron chi connectivity index (χ1n) is 7.47. The first-order valence-corrected chi connectivity index (χ1v) is 8.41. The van der Waals surface area contributed by atoms with Gasteiger partial charge in [0.05, 0.1) is 6.54 Å². The summed E-state index contributed by atoms with van der Waals surface area (Å²) in [6.07, 6.45) is -0.905. The second kappa shape index (κ2) is 7.81. The number of thiophene rings is 1. The number of furan rings is 1. The van der Waals surface area contributed by atoms with Gasteiger partial charge in [0, 0.05) is 10.9 Å². The van der Waals surface area contributed by atoms with Gasteiger partial charge in [0.1, 0.15) is 23.4 Å². The van der Waals surface area contributed by atoms with Crippen LogP contribution in [0.4, 0.5) is 0 Å². The molecule has 0 saturated heterocycles. The Bertz CT molecular complexity index is 767. The summed E-state index contributed by atoms with van der Waals surface area (Å²) in [6.45, 7) is -0.0391. The van der Waals surface area contributed by atoms with Gasteiger partial charge in [-0.15, -0.1) is 0 Å². The molecule has 3 aromatic rings. The topological polar surface area (TPSA) is 71.7 Å². The maximum Gasteiger partial charge on any atom is 0.258 e. The average Bonchev–Trinajstić information content (AvgIpc) is 3.29. The van der Waals surface area contributed by atoms with Crippen molar-refractivity contribution in [1.29, 1.82) is 0 Å². The lowest BCUT2D eigenvalue weighted by Gasteiger charge is -2.10. The van der Waals surface area contributed by atoms with Crippen molar-refractivity contribution in [3.63, 3.8) is 0 Å². The van der Waals surface area contributed by atoms with Gasteiger partial charge in [-0.1, -0.05) is 18.2 Å². The number of carbonyl (C=O) groups excluding carboxylic acids is 1. The lowest BCUT2D eigenvalue weighted by molar-refractivity contribution is -0.123. The quantitative estimate of drug-likeness (QED) is 0.691. The fourth-order valence-corrected chi connectivity index (χ4v) is 2.76. The average molecular weight is 343 g/mol. The number of carbonyl (C=O) groups is 1. The number of ether oxygens (including phenoxy) is 1. The summed E-state index contributed by atoms with van der Waals surface area (Å²) in [5.41, 5.74) is 0.971. The zero-order valence-corrected chi connectivity index (χ0v) is 13.7. The van der Waals surface area contributed by atoms with Crippen LogP contribution in [0.2, 0.25) is 0 Å². The van der Waals surface area contributed by atoms with Gasteiger partial charge in [-0.05, 0) is 35.7 Å². The number of aliphatic hydroxyl groups excluding tert-OH is 1. The molecule has 0 bridgehead atoms. The normalized spacial score (nSPS) is 11.9. The molecule has 24 heavy (non-hydrogen) atoms. The standard InChI is InChI=1S/C18H17NO4S/c20-15(17-7-6-16(23-17)13-8-9-24-12-13)10-19-18(21)11-22-14-4-2-1-3-5-14/h1-9,12,15,20H,10-11H2,(H,19,21)/t15-/m0/s1. The maximum atomic E-state index is 11.8. The van der Waals surface area contributed by atoms with Crippen molar-refractivity contribution >= 4 is 17.2 Å². The zero-order valence-electron chi connectivity index (χ0n) is 12.8. The number of rotatable bonds is 7. The minimum Gasteiger partial charge on any atom is -0.484 e. The molecule has 2 heterocycles. The minimum absolute atomic E-state index is 0.0631. The molecule has 2 aromatic heterocycles. The van der Waals surface area contributed by atoms with Crippen LogP contribution in [0.15, 0.2) is 63.7 Å². The molecule has 124 valence electrons. The third-order valence-electron chi connectivity index (χ3n) is 3.37. The number of aliphatic hydroxyl groups is 1. The largest absolute Gasteiger partial charge is 0.484 e. The van der Waals surface area contributed by atoms with Gasteiger partial charge in [-0.25, -0.2) is 0 Å². The molecule has 0 aliphatic heterocycles. The van der Waals surface area contributed by atoms with E-state index in [0.29, 0.717) is 17.3 Å². The monoisotopic (exact) mass is 343 g/mol. The number of para-hydroxylation sites is 1. The first-order chi connectivity index (χ1) is 11.7. The number of amides is 1. The highest BCUT2D eigenvalue weighted by Crippen LogP contribution is 2.26. The summed E-state index contributed by atoms with van der Waals surface area (Å²) in [4.78, 5) is 11.8. The highest BCUT2D eigenvalue weighted by molar-refractivity contribution is 7.08. The molecule has 0 unspecified atom stereocenters. The number of nitrogens with one attached hydrogen (secondary N) is 1. The van der Waals surface area contributed by atoms with E-state index in [1.54, 1.807) is 35.6 Å². The molecular weight excluding hydrogens is 326 g/mol. The number of hydrogen-bond donors (Lipinski definition) is 2. The van der Waals surface area contributed by atoms with Crippen LogP contribution in [0.5, 0.6) is 5.75 Å². The second-order valence-electron chi connectivity index (χ2n) is 5.14. The highest BCUT2D eigenvalue weighted by atomic mass is 32.1. The van der Waals surface area contributed by atoms with Crippen LogP contribution in [0, 0.1) is 0 Å².